The maximum atomic E-state index is 10.7. The molecule has 0 bridgehead atoms. The molecular formula is C15H11NO2. The number of carboxylic acid groups (broad SMARTS) is 1. The molecule has 0 heterocycles. The Bertz CT molecular complexity index is 609. The summed E-state index contributed by atoms with van der Waals surface area (Å²) in [6.07, 6.45) is 0.690. The summed E-state index contributed by atoms with van der Waals surface area (Å²) in [5.41, 5.74) is 2.98. The summed E-state index contributed by atoms with van der Waals surface area (Å²) in [6, 6.07) is 16.3. The molecule has 88 valence electrons. The first-order valence-electron chi connectivity index (χ1n) is 5.50. The maximum Gasteiger partial charge on any atom is 0.335 e. The third kappa shape index (κ3) is 2.74. The van der Waals surface area contributed by atoms with Gasteiger partial charge in [0.1, 0.15) is 0 Å². The fourth-order valence-corrected chi connectivity index (χ4v) is 1.75. The van der Waals surface area contributed by atoms with Crippen LogP contribution in [0.1, 0.15) is 27.0 Å². The molecule has 0 aliphatic rings. The lowest BCUT2D eigenvalue weighted by molar-refractivity contribution is 0.0697. The number of rotatable bonds is 3. The summed E-state index contributed by atoms with van der Waals surface area (Å²) in [6.45, 7) is 0. The summed E-state index contributed by atoms with van der Waals surface area (Å²) in [5.74, 6) is -0.923. The Kier molecular flexibility index (Phi) is 3.40. The molecule has 2 rings (SSSR count). The van der Waals surface area contributed by atoms with Crippen LogP contribution in [0, 0.1) is 11.3 Å². The van der Waals surface area contributed by atoms with Crippen molar-refractivity contribution in [3.63, 3.8) is 0 Å². The van der Waals surface area contributed by atoms with Crippen LogP contribution in [0.5, 0.6) is 0 Å². The Balaban J connectivity index is 2.18. The lowest BCUT2D eigenvalue weighted by atomic mass is 10.0. The normalized spacial score (nSPS) is 9.72. The third-order valence-corrected chi connectivity index (χ3v) is 2.67. The van der Waals surface area contributed by atoms with E-state index < -0.39 is 5.97 Å². The van der Waals surface area contributed by atoms with E-state index >= 15 is 0 Å². The van der Waals surface area contributed by atoms with Crippen LogP contribution in [0.15, 0.2) is 48.5 Å². The lowest BCUT2D eigenvalue weighted by Gasteiger charge is -2.03. The predicted molar refractivity (Wildman–Crippen MR) is 67.4 cm³/mol. The molecule has 0 spiro atoms. The minimum Gasteiger partial charge on any atom is -0.478 e. The molecular weight excluding hydrogens is 226 g/mol. The van der Waals surface area contributed by atoms with E-state index in [-0.39, 0.29) is 5.56 Å². The van der Waals surface area contributed by atoms with E-state index in [0.29, 0.717) is 12.0 Å². The van der Waals surface area contributed by atoms with Crippen molar-refractivity contribution in [2.75, 3.05) is 0 Å². The number of hydrogen-bond donors (Lipinski definition) is 1. The van der Waals surface area contributed by atoms with Gasteiger partial charge in [-0.2, -0.15) is 5.26 Å². The minimum atomic E-state index is -0.923. The number of nitriles is 1. The summed E-state index contributed by atoms with van der Waals surface area (Å²) in [5, 5.41) is 17.6. The molecule has 0 radical (unpaired) electrons. The molecule has 0 atom stereocenters. The summed E-state index contributed by atoms with van der Waals surface area (Å²) >= 11 is 0. The van der Waals surface area contributed by atoms with Gasteiger partial charge in [-0.15, -0.1) is 0 Å². The average molecular weight is 237 g/mol. The molecule has 1 N–H and O–H groups in total. The Morgan fingerprint density at radius 2 is 1.83 bits per heavy atom. The van der Waals surface area contributed by atoms with Crippen LogP contribution in [-0.4, -0.2) is 11.1 Å². The molecule has 3 heteroatoms. The molecule has 3 nitrogen and oxygen atoms in total. The van der Waals surface area contributed by atoms with Crippen LogP contribution in [-0.2, 0) is 6.42 Å². The fourth-order valence-electron chi connectivity index (χ4n) is 1.75. The maximum absolute atomic E-state index is 10.7. The highest BCUT2D eigenvalue weighted by Gasteiger charge is 2.02. The largest absolute Gasteiger partial charge is 0.478 e. The molecule has 0 aliphatic carbocycles. The van der Waals surface area contributed by atoms with E-state index in [2.05, 4.69) is 6.07 Å². The zero-order valence-electron chi connectivity index (χ0n) is 9.63. The molecule has 0 saturated heterocycles. The smallest absolute Gasteiger partial charge is 0.335 e. The number of hydrogen-bond acceptors (Lipinski definition) is 2. The number of nitrogens with zero attached hydrogens (tertiary/aromatic N) is 1. The molecule has 0 amide bonds. The van der Waals surface area contributed by atoms with Gasteiger partial charge in [-0.05, 0) is 41.8 Å². The van der Waals surface area contributed by atoms with E-state index in [4.69, 9.17) is 10.4 Å². The van der Waals surface area contributed by atoms with Gasteiger partial charge >= 0.3 is 5.97 Å². The standard InChI is InChI=1S/C15H11NO2/c16-10-13-3-1-2-12(9-13)8-11-4-6-14(7-5-11)15(17)18/h1-7,9H,8H2,(H,17,18). The second kappa shape index (κ2) is 5.15. The second-order valence-corrected chi connectivity index (χ2v) is 3.99. The van der Waals surface area contributed by atoms with Gasteiger partial charge in [0, 0.05) is 0 Å². The Labute approximate surface area is 105 Å². The molecule has 0 aliphatic heterocycles. The van der Waals surface area contributed by atoms with Gasteiger partial charge in [0.15, 0.2) is 0 Å². The number of carboxylic acids is 1. The van der Waals surface area contributed by atoms with Crippen LogP contribution >= 0.6 is 0 Å². The van der Waals surface area contributed by atoms with E-state index in [1.54, 1.807) is 30.3 Å². The van der Waals surface area contributed by atoms with Gasteiger partial charge in [0.05, 0.1) is 17.2 Å². The highest BCUT2D eigenvalue weighted by atomic mass is 16.4. The topological polar surface area (TPSA) is 61.1 Å². The average Bonchev–Trinajstić information content (AvgIpc) is 2.39. The number of benzene rings is 2. The van der Waals surface area contributed by atoms with Crippen molar-refractivity contribution in [3.05, 3.63) is 70.8 Å². The van der Waals surface area contributed by atoms with E-state index in [9.17, 15) is 4.79 Å². The predicted octanol–water partition coefficient (Wildman–Crippen LogP) is 2.85. The van der Waals surface area contributed by atoms with Crippen molar-refractivity contribution in [1.29, 1.82) is 5.26 Å². The summed E-state index contributed by atoms with van der Waals surface area (Å²) in [7, 11) is 0. The van der Waals surface area contributed by atoms with Crippen molar-refractivity contribution in [1.82, 2.24) is 0 Å². The SMILES string of the molecule is N#Cc1cccc(Cc2ccc(C(=O)O)cc2)c1. The molecule has 0 unspecified atom stereocenters. The second-order valence-electron chi connectivity index (χ2n) is 3.99. The number of carbonyl (C=O) groups is 1. The van der Waals surface area contributed by atoms with Gasteiger partial charge in [-0.1, -0.05) is 24.3 Å². The Morgan fingerprint density at radius 1 is 1.11 bits per heavy atom. The molecule has 0 saturated carbocycles. The van der Waals surface area contributed by atoms with Gasteiger partial charge in [-0.3, -0.25) is 0 Å². The Morgan fingerprint density at radius 3 is 2.44 bits per heavy atom. The summed E-state index contributed by atoms with van der Waals surface area (Å²) < 4.78 is 0. The monoisotopic (exact) mass is 237 g/mol. The first kappa shape index (κ1) is 11.9. The van der Waals surface area contributed by atoms with Crippen molar-refractivity contribution < 1.29 is 9.90 Å². The first-order valence-corrected chi connectivity index (χ1v) is 5.50. The first-order chi connectivity index (χ1) is 8.69. The highest BCUT2D eigenvalue weighted by Crippen LogP contribution is 2.12. The van der Waals surface area contributed by atoms with Crippen molar-refractivity contribution in [3.8, 4) is 6.07 Å². The summed E-state index contributed by atoms with van der Waals surface area (Å²) in [4.78, 5) is 10.7. The van der Waals surface area contributed by atoms with E-state index in [1.165, 1.54) is 0 Å². The van der Waals surface area contributed by atoms with Crippen LogP contribution in [0.2, 0.25) is 0 Å². The van der Waals surface area contributed by atoms with Gasteiger partial charge in [0.2, 0.25) is 0 Å². The minimum absolute atomic E-state index is 0.282. The molecule has 0 fully saturated rings. The quantitative estimate of drug-likeness (QED) is 0.892. The van der Waals surface area contributed by atoms with Crippen LogP contribution in [0.4, 0.5) is 0 Å². The van der Waals surface area contributed by atoms with Crippen molar-refractivity contribution >= 4 is 5.97 Å². The van der Waals surface area contributed by atoms with E-state index in [0.717, 1.165) is 11.1 Å². The molecule has 2 aromatic rings. The van der Waals surface area contributed by atoms with Gasteiger partial charge in [-0.25, -0.2) is 4.79 Å². The van der Waals surface area contributed by atoms with Crippen molar-refractivity contribution in [2.45, 2.75) is 6.42 Å². The Hall–Kier alpha value is -2.60. The zero-order chi connectivity index (χ0) is 13.0. The molecule has 18 heavy (non-hydrogen) atoms. The highest BCUT2D eigenvalue weighted by molar-refractivity contribution is 5.87. The zero-order valence-corrected chi connectivity index (χ0v) is 9.63. The molecule has 0 aromatic heterocycles. The fraction of sp³-hybridized carbons (Fsp3) is 0.0667. The van der Waals surface area contributed by atoms with Crippen LogP contribution in [0.3, 0.4) is 0 Å². The van der Waals surface area contributed by atoms with Gasteiger partial charge < -0.3 is 5.11 Å². The third-order valence-electron chi connectivity index (χ3n) is 2.67. The van der Waals surface area contributed by atoms with Crippen molar-refractivity contribution in [2.24, 2.45) is 0 Å². The molecule has 2 aromatic carbocycles. The van der Waals surface area contributed by atoms with E-state index in [1.807, 2.05) is 18.2 Å². The van der Waals surface area contributed by atoms with Crippen LogP contribution in [0.25, 0.3) is 0 Å². The number of aromatic carboxylic acids is 1. The van der Waals surface area contributed by atoms with Gasteiger partial charge in [0.25, 0.3) is 0 Å². The van der Waals surface area contributed by atoms with Crippen LogP contribution < -0.4 is 0 Å². The lowest BCUT2D eigenvalue weighted by Crippen LogP contribution is -1.96.